The molecule has 1 atom stereocenters. The van der Waals surface area contributed by atoms with Gasteiger partial charge in [0.25, 0.3) is 0 Å². The van der Waals surface area contributed by atoms with Gasteiger partial charge in [-0.05, 0) is 31.5 Å². The van der Waals surface area contributed by atoms with Crippen LogP contribution in [0, 0.1) is 6.92 Å². The topological polar surface area (TPSA) is 8.17 Å². The third-order valence-corrected chi connectivity index (χ3v) is 3.97. The zero-order valence-electron chi connectivity index (χ0n) is 11.1. The Kier molecular flexibility index (Phi) is 2.96. The standard InChI is InChI=1S/C16H20N2/c1-13-5-7-15(8-6-13)12-18-11-10-17-9-3-4-16(17)14(18)2/h3-9,14H,10-12H2,1-2H3/t14-/m1/s1. The molecule has 2 nitrogen and oxygen atoms in total. The lowest BCUT2D eigenvalue weighted by Gasteiger charge is -2.34. The minimum Gasteiger partial charge on any atom is -0.349 e. The van der Waals surface area contributed by atoms with Crippen molar-refractivity contribution < 1.29 is 0 Å². The third-order valence-electron chi connectivity index (χ3n) is 3.97. The van der Waals surface area contributed by atoms with E-state index in [2.05, 4.69) is 65.9 Å². The van der Waals surface area contributed by atoms with Crippen molar-refractivity contribution in [2.45, 2.75) is 33.0 Å². The Morgan fingerprint density at radius 1 is 1.11 bits per heavy atom. The smallest absolute Gasteiger partial charge is 0.0476 e. The van der Waals surface area contributed by atoms with Crippen LogP contribution < -0.4 is 0 Å². The minimum atomic E-state index is 0.509. The molecule has 0 bridgehead atoms. The SMILES string of the molecule is Cc1ccc(CN2CCn3cccc3[C@H]2C)cc1. The molecule has 2 aromatic rings. The molecule has 0 fully saturated rings. The summed E-state index contributed by atoms with van der Waals surface area (Å²) in [6, 6.07) is 13.8. The molecule has 0 N–H and O–H groups in total. The van der Waals surface area contributed by atoms with E-state index in [9.17, 15) is 0 Å². The molecule has 1 aromatic carbocycles. The predicted octanol–water partition coefficient (Wildman–Crippen LogP) is 3.37. The normalized spacial score (nSPS) is 19.8. The van der Waals surface area contributed by atoms with Crippen LogP contribution in [0.25, 0.3) is 0 Å². The van der Waals surface area contributed by atoms with E-state index in [4.69, 9.17) is 0 Å². The summed E-state index contributed by atoms with van der Waals surface area (Å²) in [5, 5.41) is 0. The molecular weight excluding hydrogens is 220 g/mol. The summed E-state index contributed by atoms with van der Waals surface area (Å²) in [6.45, 7) is 7.74. The predicted molar refractivity (Wildman–Crippen MR) is 74.4 cm³/mol. The number of fused-ring (bicyclic) bond motifs is 1. The number of rotatable bonds is 2. The molecule has 1 aliphatic rings. The first-order valence-electron chi connectivity index (χ1n) is 6.68. The van der Waals surface area contributed by atoms with Gasteiger partial charge in [-0.1, -0.05) is 29.8 Å². The Morgan fingerprint density at radius 2 is 1.89 bits per heavy atom. The molecule has 0 saturated carbocycles. The fourth-order valence-corrected chi connectivity index (χ4v) is 2.77. The van der Waals surface area contributed by atoms with E-state index in [1.54, 1.807) is 0 Å². The van der Waals surface area contributed by atoms with Crippen molar-refractivity contribution in [3.05, 3.63) is 59.4 Å². The van der Waals surface area contributed by atoms with Gasteiger partial charge in [0.1, 0.15) is 0 Å². The molecule has 3 rings (SSSR count). The largest absolute Gasteiger partial charge is 0.349 e. The Balaban J connectivity index is 1.77. The van der Waals surface area contributed by atoms with Crippen LogP contribution in [0.15, 0.2) is 42.6 Å². The average Bonchev–Trinajstić information content (AvgIpc) is 2.84. The Hall–Kier alpha value is -1.54. The number of aromatic nitrogens is 1. The van der Waals surface area contributed by atoms with E-state index in [1.165, 1.54) is 16.8 Å². The molecule has 2 heterocycles. The van der Waals surface area contributed by atoms with Crippen LogP contribution in [0.1, 0.15) is 29.8 Å². The van der Waals surface area contributed by atoms with Gasteiger partial charge in [-0.15, -0.1) is 0 Å². The van der Waals surface area contributed by atoms with Gasteiger partial charge >= 0.3 is 0 Å². The fraction of sp³-hybridized carbons (Fsp3) is 0.375. The average molecular weight is 240 g/mol. The van der Waals surface area contributed by atoms with E-state index >= 15 is 0 Å². The van der Waals surface area contributed by atoms with Crippen LogP contribution in [-0.2, 0) is 13.1 Å². The summed E-state index contributed by atoms with van der Waals surface area (Å²) in [4.78, 5) is 2.56. The number of nitrogens with zero attached hydrogens (tertiary/aromatic N) is 2. The van der Waals surface area contributed by atoms with Crippen molar-refractivity contribution in [3.8, 4) is 0 Å². The van der Waals surface area contributed by atoms with E-state index in [0.717, 1.165) is 19.6 Å². The van der Waals surface area contributed by atoms with Crippen molar-refractivity contribution >= 4 is 0 Å². The molecule has 0 spiro atoms. The zero-order chi connectivity index (χ0) is 12.5. The van der Waals surface area contributed by atoms with Crippen LogP contribution in [0.2, 0.25) is 0 Å². The molecule has 18 heavy (non-hydrogen) atoms. The van der Waals surface area contributed by atoms with E-state index in [0.29, 0.717) is 6.04 Å². The van der Waals surface area contributed by atoms with Gasteiger partial charge in [0, 0.05) is 37.6 Å². The van der Waals surface area contributed by atoms with Crippen molar-refractivity contribution in [2.75, 3.05) is 6.54 Å². The first-order chi connectivity index (χ1) is 8.74. The third kappa shape index (κ3) is 2.08. The number of benzene rings is 1. The fourth-order valence-electron chi connectivity index (χ4n) is 2.77. The van der Waals surface area contributed by atoms with E-state index in [1.807, 2.05) is 0 Å². The summed E-state index contributed by atoms with van der Waals surface area (Å²) in [5.41, 5.74) is 4.18. The van der Waals surface area contributed by atoms with Crippen LogP contribution in [0.3, 0.4) is 0 Å². The molecule has 1 aromatic heterocycles. The van der Waals surface area contributed by atoms with Crippen molar-refractivity contribution in [2.24, 2.45) is 0 Å². The summed E-state index contributed by atoms with van der Waals surface area (Å²) in [7, 11) is 0. The summed E-state index contributed by atoms with van der Waals surface area (Å²) >= 11 is 0. The molecule has 1 aliphatic heterocycles. The lowest BCUT2D eigenvalue weighted by molar-refractivity contribution is 0.161. The highest BCUT2D eigenvalue weighted by molar-refractivity contribution is 5.22. The summed E-state index contributed by atoms with van der Waals surface area (Å²) < 4.78 is 2.37. The lowest BCUT2D eigenvalue weighted by atomic mass is 10.1. The van der Waals surface area contributed by atoms with Gasteiger partial charge in [0.2, 0.25) is 0 Å². The lowest BCUT2D eigenvalue weighted by Crippen LogP contribution is -2.35. The van der Waals surface area contributed by atoms with Gasteiger partial charge in [-0.2, -0.15) is 0 Å². The number of hydrogen-bond donors (Lipinski definition) is 0. The molecule has 0 amide bonds. The van der Waals surface area contributed by atoms with Gasteiger partial charge in [0.15, 0.2) is 0 Å². The highest BCUT2D eigenvalue weighted by atomic mass is 15.2. The highest BCUT2D eigenvalue weighted by Crippen LogP contribution is 2.26. The maximum Gasteiger partial charge on any atom is 0.0476 e. The molecule has 0 aliphatic carbocycles. The first kappa shape index (κ1) is 11.5. The second kappa shape index (κ2) is 4.62. The van der Waals surface area contributed by atoms with Gasteiger partial charge in [-0.3, -0.25) is 4.90 Å². The molecule has 0 unspecified atom stereocenters. The van der Waals surface area contributed by atoms with Crippen LogP contribution in [-0.4, -0.2) is 16.0 Å². The highest BCUT2D eigenvalue weighted by Gasteiger charge is 2.22. The van der Waals surface area contributed by atoms with Gasteiger partial charge in [0.05, 0.1) is 0 Å². The van der Waals surface area contributed by atoms with E-state index < -0.39 is 0 Å². The molecular formula is C16H20N2. The maximum absolute atomic E-state index is 2.56. The zero-order valence-corrected chi connectivity index (χ0v) is 11.1. The molecule has 2 heteroatoms. The van der Waals surface area contributed by atoms with Crippen LogP contribution in [0.5, 0.6) is 0 Å². The van der Waals surface area contributed by atoms with Gasteiger partial charge in [-0.25, -0.2) is 0 Å². The Bertz CT molecular complexity index is 524. The molecule has 0 saturated heterocycles. The quantitative estimate of drug-likeness (QED) is 0.781. The molecule has 0 radical (unpaired) electrons. The second-order valence-electron chi connectivity index (χ2n) is 5.26. The first-order valence-corrected chi connectivity index (χ1v) is 6.68. The summed E-state index contributed by atoms with van der Waals surface area (Å²) in [5.74, 6) is 0. The number of aryl methyl sites for hydroxylation is 1. The van der Waals surface area contributed by atoms with Crippen molar-refractivity contribution in [3.63, 3.8) is 0 Å². The van der Waals surface area contributed by atoms with Crippen LogP contribution in [0.4, 0.5) is 0 Å². The van der Waals surface area contributed by atoms with Crippen molar-refractivity contribution in [1.29, 1.82) is 0 Å². The van der Waals surface area contributed by atoms with E-state index in [-0.39, 0.29) is 0 Å². The van der Waals surface area contributed by atoms with Crippen LogP contribution >= 0.6 is 0 Å². The second-order valence-corrected chi connectivity index (χ2v) is 5.26. The van der Waals surface area contributed by atoms with Crippen molar-refractivity contribution in [1.82, 2.24) is 9.47 Å². The minimum absolute atomic E-state index is 0.509. The Labute approximate surface area is 109 Å². The monoisotopic (exact) mass is 240 g/mol. The Morgan fingerprint density at radius 3 is 2.67 bits per heavy atom. The molecule has 94 valence electrons. The summed E-state index contributed by atoms with van der Waals surface area (Å²) in [6.07, 6.45) is 2.19. The maximum atomic E-state index is 2.56. The number of hydrogen-bond acceptors (Lipinski definition) is 1. The van der Waals surface area contributed by atoms with Gasteiger partial charge < -0.3 is 4.57 Å².